The molecular weight excluding hydrogens is 525 g/mol. The van der Waals surface area contributed by atoms with Crippen LogP contribution in [0.4, 0.5) is 41.2 Å². The van der Waals surface area contributed by atoms with Gasteiger partial charge in [-0.15, -0.1) is 0 Å². The third-order valence-electron chi connectivity index (χ3n) is 6.14. The number of carbonyl (C=O) groups is 1. The second-order valence-electron chi connectivity index (χ2n) is 8.61. The number of hydrogen-bond donors (Lipinski definition) is 1. The first-order valence-corrected chi connectivity index (χ1v) is 11.3. The van der Waals surface area contributed by atoms with E-state index in [1.165, 1.54) is 10.8 Å². The van der Waals surface area contributed by atoms with Gasteiger partial charge in [-0.25, -0.2) is 14.0 Å². The molecule has 0 aliphatic carbocycles. The molecule has 2 aromatic carbocycles. The number of anilines is 1. The van der Waals surface area contributed by atoms with Crippen LogP contribution >= 0.6 is 0 Å². The molecule has 1 saturated heterocycles. The van der Waals surface area contributed by atoms with Crippen LogP contribution in [-0.2, 0) is 12.4 Å². The van der Waals surface area contributed by atoms with Crippen LogP contribution in [0.3, 0.4) is 0 Å². The Morgan fingerprint density at radius 3 is 2.21 bits per heavy atom. The Morgan fingerprint density at radius 2 is 1.63 bits per heavy atom. The number of nitrogens with one attached hydrogen (secondary N) is 1. The number of hydrogen-bond acceptors (Lipinski definition) is 4. The van der Waals surface area contributed by atoms with E-state index in [0.29, 0.717) is 36.6 Å². The number of alkyl halides is 6. The van der Waals surface area contributed by atoms with Crippen LogP contribution in [0.2, 0.25) is 0 Å². The van der Waals surface area contributed by atoms with Crippen LogP contribution < -0.4 is 20.6 Å². The Labute approximate surface area is 211 Å². The van der Waals surface area contributed by atoms with Crippen molar-refractivity contribution in [2.75, 3.05) is 25.0 Å². The molecule has 0 spiro atoms. The van der Waals surface area contributed by atoms with E-state index in [1.54, 1.807) is 0 Å². The average molecular weight is 546 g/mol. The normalized spacial score (nSPS) is 14.9. The van der Waals surface area contributed by atoms with Crippen LogP contribution in [0.1, 0.15) is 30.0 Å². The highest BCUT2D eigenvalue weighted by Crippen LogP contribution is 2.44. The zero-order chi connectivity index (χ0) is 27.8. The Bertz CT molecular complexity index is 1370. The number of benzene rings is 2. The molecule has 2 heterocycles. The van der Waals surface area contributed by atoms with Crippen LogP contribution in [0.25, 0.3) is 5.69 Å². The van der Waals surface area contributed by atoms with Crippen molar-refractivity contribution in [3.63, 3.8) is 0 Å². The number of aromatic nitrogens is 2. The lowest BCUT2D eigenvalue weighted by atomic mass is 10.1. The molecule has 0 radical (unpaired) electrons. The van der Waals surface area contributed by atoms with Crippen molar-refractivity contribution in [3.05, 3.63) is 76.2 Å². The molecule has 0 unspecified atom stereocenters. The monoisotopic (exact) mass is 546 g/mol. The van der Waals surface area contributed by atoms with Crippen LogP contribution in [-0.4, -0.2) is 35.4 Å². The molecule has 1 aliphatic heterocycles. The van der Waals surface area contributed by atoms with Gasteiger partial charge in [0, 0.05) is 31.2 Å². The predicted octanol–water partition coefficient (Wildman–Crippen LogP) is 5.38. The number of imidazole rings is 1. The Kier molecular flexibility index (Phi) is 7.28. The van der Waals surface area contributed by atoms with Crippen LogP contribution in [0.15, 0.2) is 53.6 Å². The van der Waals surface area contributed by atoms with Gasteiger partial charge in [-0.05, 0) is 62.3 Å². The number of carbonyl (C=O) groups excluding carboxylic acids is 1. The van der Waals surface area contributed by atoms with Crippen molar-refractivity contribution in [3.8, 4) is 11.4 Å². The number of ether oxygens (including phenoxy) is 1. The molecule has 1 amide bonds. The number of rotatable bonds is 4. The summed E-state index contributed by atoms with van der Waals surface area (Å²) in [4.78, 5) is 26.7. The second kappa shape index (κ2) is 10.2. The largest absolute Gasteiger partial charge is 0.420 e. The van der Waals surface area contributed by atoms with Gasteiger partial charge in [0.2, 0.25) is 0 Å². The van der Waals surface area contributed by atoms with Gasteiger partial charge in [0.05, 0.1) is 11.3 Å². The topological polar surface area (TPSA) is 68.5 Å². The molecular formula is C24H21F7N4O3. The molecule has 38 heavy (non-hydrogen) atoms. The summed E-state index contributed by atoms with van der Waals surface area (Å²) >= 11 is 0. The summed E-state index contributed by atoms with van der Waals surface area (Å²) in [6, 6.07) is 4.10. The minimum atomic E-state index is -5.39. The minimum absolute atomic E-state index is 0.0349. The van der Waals surface area contributed by atoms with Gasteiger partial charge in [0.1, 0.15) is 11.4 Å². The highest BCUT2D eigenvalue weighted by molar-refractivity contribution is 5.89. The fourth-order valence-electron chi connectivity index (χ4n) is 4.14. The zero-order valence-electron chi connectivity index (χ0n) is 19.7. The van der Waals surface area contributed by atoms with Gasteiger partial charge in [-0.3, -0.25) is 14.0 Å². The van der Waals surface area contributed by atoms with E-state index in [2.05, 4.69) is 5.32 Å². The van der Waals surface area contributed by atoms with Crippen molar-refractivity contribution in [1.82, 2.24) is 14.5 Å². The number of amides is 1. The highest BCUT2D eigenvalue weighted by atomic mass is 19.4. The molecule has 7 nitrogen and oxygen atoms in total. The number of piperidine rings is 1. The van der Waals surface area contributed by atoms with Crippen LogP contribution in [0.5, 0.6) is 5.75 Å². The second-order valence-corrected chi connectivity index (χ2v) is 8.61. The van der Waals surface area contributed by atoms with E-state index in [4.69, 9.17) is 4.74 Å². The predicted molar refractivity (Wildman–Crippen MR) is 122 cm³/mol. The molecule has 1 N–H and O–H groups in total. The third kappa shape index (κ3) is 5.54. The molecule has 14 heteroatoms. The summed E-state index contributed by atoms with van der Waals surface area (Å²) < 4.78 is 103. The minimum Gasteiger partial charge on any atom is -0.407 e. The molecule has 4 rings (SSSR count). The van der Waals surface area contributed by atoms with Crippen LogP contribution in [0, 0.1) is 5.82 Å². The standard InChI is InChI=1S/C24H21F7N4O3/c1-33(16-4-2-15(25)3-5-16)22(37)38-20-18(24(29,30)31)12-14(23(26,27)28)13-19(20)35-11-10-34(21(35)36)17-6-8-32-9-7-17/h2-5,10-13,17,32H,6-9H2,1H3. The summed E-state index contributed by atoms with van der Waals surface area (Å²) in [6.45, 7) is 1.14. The first-order chi connectivity index (χ1) is 17.8. The van der Waals surface area contributed by atoms with Gasteiger partial charge in [0.25, 0.3) is 0 Å². The van der Waals surface area contributed by atoms with Crippen molar-refractivity contribution < 1.29 is 40.3 Å². The molecule has 1 aliphatic rings. The SMILES string of the molecule is CN(C(=O)Oc1c(-n2ccn(C3CCNCC3)c2=O)cc(C(F)(F)F)cc1C(F)(F)F)c1ccc(F)cc1. The van der Waals surface area contributed by atoms with E-state index in [1.807, 2.05) is 0 Å². The zero-order valence-corrected chi connectivity index (χ0v) is 19.7. The fourth-order valence-corrected chi connectivity index (χ4v) is 4.14. The first kappa shape index (κ1) is 27.2. The van der Waals surface area contributed by atoms with Crippen molar-refractivity contribution in [2.45, 2.75) is 31.2 Å². The summed E-state index contributed by atoms with van der Waals surface area (Å²) in [6.07, 6.45) is -8.67. The maximum Gasteiger partial charge on any atom is 0.420 e. The van der Waals surface area contributed by atoms with E-state index < -0.39 is 52.5 Å². The third-order valence-corrected chi connectivity index (χ3v) is 6.14. The molecule has 204 valence electrons. The molecule has 1 fully saturated rings. The maximum atomic E-state index is 14.0. The van der Waals surface area contributed by atoms with Crippen molar-refractivity contribution in [1.29, 1.82) is 0 Å². The first-order valence-electron chi connectivity index (χ1n) is 11.3. The Balaban J connectivity index is 1.86. The van der Waals surface area contributed by atoms with E-state index in [9.17, 15) is 40.3 Å². The Morgan fingerprint density at radius 1 is 1.00 bits per heavy atom. The van der Waals surface area contributed by atoms with E-state index in [-0.39, 0.29) is 17.8 Å². The van der Waals surface area contributed by atoms with Gasteiger partial charge in [-0.2, -0.15) is 26.3 Å². The molecule has 0 atom stereocenters. The summed E-state index contributed by atoms with van der Waals surface area (Å²) in [5, 5.41) is 3.09. The number of nitrogens with zero attached hydrogens (tertiary/aromatic N) is 3. The fraction of sp³-hybridized carbons (Fsp3) is 0.333. The summed E-state index contributed by atoms with van der Waals surface area (Å²) in [7, 11) is 1.12. The maximum absolute atomic E-state index is 14.0. The highest BCUT2D eigenvalue weighted by Gasteiger charge is 2.42. The lowest BCUT2D eigenvalue weighted by Gasteiger charge is -2.23. The van der Waals surface area contributed by atoms with E-state index >= 15 is 0 Å². The van der Waals surface area contributed by atoms with Gasteiger partial charge >= 0.3 is 24.1 Å². The van der Waals surface area contributed by atoms with Gasteiger partial charge in [-0.1, -0.05) is 0 Å². The van der Waals surface area contributed by atoms with Crippen molar-refractivity contribution >= 4 is 11.8 Å². The Hall–Kier alpha value is -3.81. The molecule has 0 bridgehead atoms. The van der Waals surface area contributed by atoms with Gasteiger partial charge in [0.15, 0.2) is 5.75 Å². The van der Waals surface area contributed by atoms with Gasteiger partial charge < -0.3 is 10.1 Å². The summed E-state index contributed by atoms with van der Waals surface area (Å²) in [5.41, 5.74) is -5.36. The average Bonchev–Trinajstić information content (AvgIpc) is 3.24. The molecule has 1 aromatic heterocycles. The van der Waals surface area contributed by atoms with E-state index in [0.717, 1.165) is 42.4 Å². The quantitative estimate of drug-likeness (QED) is 0.447. The molecule has 0 saturated carbocycles. The van der Waals surface area contributed by atoms with Crippen molar-refractivity contribution in [2.24, 2.45) is 0 Å². The smallest absolute Gasteiger partial charge is 0.407 e. The number of halogens is 7. The lowest BCUT2D eigenvalue weighted by Crippen LogP contribution is -2.35. The summed E-state index contributed by atoms with van der Waals surface area (Å²) in [5.74, 6) is -1.92. The lowest BCUT2D eigenvalue weighted by molar-refractivity contribution is -0.143. The molecule has 3 aromatic rings.